The maximum absolute atomic E-state index is 12.8. The highest BCUT2D eigenvalue weighted by atomic mass is 16.4. The zero-order chi connectivity index (χ0) is 23.4. The molecule has 0 spiro atoms. The fraction of sp³-hybridized carbons (Fsp3) is 0.462. The van der Waals surface area contributed by atoms with E-state index in [1.807, 2.05) is 49.4 Å². The van der Waals surface area contributed by atoms with Crippen LogP contribution in [0.5, 0.6) is 0 Å². The zero-order valence-electron chi connectivity index (χ0n) is 19.7. The van der Waals surface area contributed by atoms with Gasteiger partial charge in [0.1, 0.15) is 0 Å². The Kier molecular flexibility index (Phi) is 7.44. The van der Waals surface area contributed by atoms with Crippen molar-refractivity contribution in [3.63, 3.8) is 0 Å². The Bertz CT molecular complexity index is 943. The molecule has 0 heterocycles. The molecule has 6 nitrogen and oxygen atoms in total. The van der Waals surface area contributed by atoms with Crippen LogP contribution in [0.15, 0.2) is 42.5 Å². The van der Waals surface area contributed by atoms with Crippen LogP contribution in [0.2, 0.25) is 0 Å². The van der Waals surface area contributed by atoms with E-state index < -0.39 is 5.97 Å². The van der Waals surface area contributed by atoms with E-state index in [0.717, 1.165) is 35.6 Å². The summed E-state index contributed by atoms with van der Waals surface area (Å²) in [6.45, 7) is 12.5. The van der Waals surface area contributed by atoms with E-state index in [2.05, 4.69) is 43.2 Å². The average Bonchev–Trinajstić information content (AvgIpc) is 3.50. The second-order valence-electron chi connectivity index (χ2n) is 9.70. The number of carboxylic acids is 1. The summed E-state index contributed by atoms with van der Waals surface area (Å²) in [5.41, 5.74) is 4.48. The third-order valence-corrected chi connectivity index (χ3v) is 5.63. The first kappa shape index (κ1) is 23.6. The summed E-state index contributed by atoms with van der Waals surface area (Å²) in [5, 5.41) is 15.3. The third-order valence-electron chi connectivity index (χ3n) is 5.63. The van der Waals surface area contributed by atoms with E-state index in [1.54, 1.807) is 0 Å². The van der Waals surface area contributed by atoms with Crippen LogP contribution in [0, 0.1) is 24.7 Å². The highest BCUT2D eigenvalue weighted by Gasteiger charge is 2.44. The van der Waals surface area contributed by atoms with Gasteiger partial charge >= 0.3 is 12.0 Å². The molecular weight excluding hydrogens is 402 g/mol. The standard InChI is InChI=1S/C26H35N3O3/c1-16(2)14-29(15-17(3)4)24-11-8-19(21-13-22(21)25(30)31)12-23(24)28-26(32)27-20-9-6-18(5)7-10-20/h6-12,16-17,21-22H,13-15H2,1-5H3,(H,30,31)(H2,27,28,32). The highest BCUT2D eigenvalue weighted by molar-refractivity contribution is 6.02. The molecule has 1 aliphatic carbocycles. The summed E-state index contributed by atoms with van der Waals surface area (Å²) in [7, 11) is 0. The second-order valence-corrected chi connectivity index (χ2v) is 9.70. The van der Waals surface area contributed by atoms with Crippen LogP contribution in [-0.2, 0) is 4.79 Å². The van der Waals surface area contributed by atoms with Gasteiger partial charge in [-0.05, 0) is 60.9 Å². The van der Waals surface area contributed by atoms with Crippen LogP contribution in [0.4, 0.5) is 21.9 Å². The van der Waals surface area contributed by atoms with Crippen LogP contribution in [0.25, 0.3) is 0 Å². The van der Waals surface area contributed by atoms with Gasteiger partial charge in [-0.15, -0.1) is 0 Å². The number of carbonyl (C=O) groups excluding carboxylic acids is 1. The summed E-state index contributed by atoms with van der Waals surface area (Å²) in [5.74, 6) is -0.166. The van der Waals surface area contributed by atoms with E-state index in [1.165, 1.54) is 0 Å². The highest BCUT2D eigenvalue weighted by Crippen LogP contribution is 2.49. The summed E-state index contributed by atoms with van der Waals surface area (Å²) < 4.78 is 0. The fourth-order valence-electron chi connectivity index (χ4n) is 4.07. The van der Waals surface area contributed by atoms with Crippen molar-refractivity contribution in [1.29, 1.82) is 0 Å². The Labute approximate surface area is 191 Å². The largest absolute Gasteiger partial charge is 0.481 e. The summed E-state index contributed by atoms with van der Waals surface area (Å²) in [6, 6.07) is 13.3. The maximum atomic E-state index is 12.8. The summed E-state index contributed by atoms with van der Waals surface area (Å²) >= 11 is 0. The van der Waals surface area contributed by atoms with Crippen molar-refractivity contribution in [2.75, 3.05) is 28.6 Å². The van der Waals surface area contributed by atoms with Gasteiger partial charge < -0.3 is 20.6 Å². The number of carboxylic acid groups (broad SMARTS) is 1. The number of hydrogen-bond donors (Lipinski definition) is 3. The van der Waals surface area contributed by atoms with E-state index in [0.29, 0.717) is 23.9 Å². The van der Waals surface area contributed by atoms with Gasteiger partial charge in [-0.3, -0.25) is 4.79 Å². The minimum absolute atomic E-state index is 0.00547. The molecule has 1 saturated carbocycles. The minimum Gasteiger partial charge on any atom is -0.481 e. The number of hydrogen-bond acceptors (Lipinski definition) is 3. The first-order valence-electron chi connectivity index (χ1n) is 11.4. The van der Waals surface area contributed by atoms with Gasteiger partial charge in [0.15, 0.2) is 0 Å². The molecule has 2 aromatic rings. The van der Waals surface area contributed by atoms with Crippen LogP contribution in [0.3, 0.4) is 0 Å². The molecule has 3 N–H and O–H groups in total. The van der Waals surface area contributed by atoms with Crippen molar-refractivity contribution in [2.45, 2.75) is 47.0 Å². The number of urea groups is 1. The van der Waals surface area contributed by atoms with Crippen molar-refractivity contribution in [1.82, 2.24) is 0 Å². The summed E-state index contributed by atoms with van der Waals surface area (Å²) in [6.07, 6.45) is 0.644. The molecular formula is C26H35N3O3. The first-order chi connectivity index (χ1) is 15.1. The second kappa shape index (κ2) is 10.1. The molecule has 2 amide bonds. The molecule has 2 aromatic carbocycles. The number of rotatable bonds is 9. The molecule has 0 bridgehead atoms. The number of carbonyl (C=O) groups is 2. The van der Waals surface area contributed by atoms with Gasteiger partial charge in [-0.25, -0.2) is 4.79 Å². The predicted octanol–water partition coefficient (Wildman–Crippen LogP) is 5.95. The maximum Gasteiger partial charge on any atom is 0.323 e. The van der Waals surface area contributed by atoms with Gasteiger partial charge in [0, 0.05) is 18.8 Å². The predicted molar refractivity (Wildman–Crippen MR) is 131 cm³/mol. The average molecular weight is 438 g/mol. The van der Waals surface area contributed by atoms with Crippen LogP contribution in [0.1, 0.15) is 51.2 Å². The number of benzene rings is 2. The molecule has 172 valence electrons. The van der Waals surface area contributed by atoms with E-state index in [9.17, 15) is 14.7 Å². The van der Waals surface area contributed by atoms with Crippen molar-refractivity contribution in [3.05, 3.63) is 53.6 Å². The topological polar surface area (TPSA) is 81.7 Å². The SMILES string of the molecule is Cc1ccc(NC(=O)Nc2cc(C3CC3C(=O)O)ccc2N(CC(C)C)CC(C)C)cc1. The zero-order valence-corrected chi connectivity index (χ0v) is 19.7. The monoisotopic (exact) mass is 437 g/mol. The normalized spacial score (nSPS) is 17.3. The molecule has 1 fully saturated rings. The van der Waals surface area contributed by atoms with E-state index in [-0.39, 0.29) is 17.9 Å². The lowest BCUT2D eigenvalue weighted by atomic mass is 10.0. The lowest BCUT2D eigenvalue weighted by Gasteiger charge is -2.30. The number of nitrogens with zero attached hydrogens (tertiary/aromatic N) is 1. The molecule has 6 heteroatoms. The van der Waals surface area contributed by atoms with Crippen molar-refractivity contribution < 1.29 is 14.7 Å². The number of nitrogens with one attached hydrogen (secondary N) is 2. The van der Waals surface area contributed by atoms with E-state index >= 15 is 0 Å². The molecule has 2 unspecified atom stereocenters. The third kappa shape index (κ3) is 6.25. The number of aryl methyl sites for hydroxylation is 1. The van der Waals surface area contributed by atoms with Gasteiger partial charge in [0.2, 0.25) is 0 Å². The van der Waals surface area contributed by atoms with Crippen molar-refractivity contribution in [2.24, 2.45) is 17.8 Å². The van der Waals surface area contributed by atoms with Gasteiger partial charge in [-0.1, -0.05) is 51.5 Å². The van der Waals surface area contributed by atoms with Crippen molar-refractivity contribution in [3.8, 4) is 0 Å². The summed E-state index contributed by atoms with van der Waals surface area (Å²) in [4.78, 5) is 26.5. The first-order valence-corrected chi connectivity index (χ1v) is 11.4. The lowest BCUT2D eigenvalue weighted by molar-refractivity contribution is -0.138. The van der Waals surface area contributed by atoms with Crippen LogP contribution in [-0.4, -0.2) is 30.2 Å². The minimum atomic E-state index is -0.757. The molecule has 2 atom stereocenters. The Morgan fingerprint density at radius 2 is 1.62 bits per heavy atom. The molecule has 0 aliphatic heterocycles. The lowest BCUT2D eigenvalue weighted by Crippen LogP contribution is -2.32. The fourth-order valence-corrected chi connectivity index (χ4v) is 4.07. The van der Waals surface area contributed by atoms with Gasteiger partial charge in [0.05, 0.1) is 17.3 Å². The van der Waals surface area contributed by atoms with Gasteiger partial charge in [-0.2, -0.15) is 0 Å². The Hall–Kier alpha value is -3.02. The molecule has 0 saturated heterocycles. The number of amides is 2. The molecule has 0 aromatic heterocycles. The Morgan fingerprint density at radius 1 is 1.00 bits per heavy atom. The van der Waals surface area contributed by atoms with E-state index in [4.69, 9.17) is 0 Å². The number of anilines is 3. The Morgan fingerprint density at radius 3 is 2.16 bits per heavy atom. The molecule has 3 rings (SSSR count). The molecule has 1 aliphatic rings. The van der Waals surface area contributed by atoms with Crippen molar-refractivity contribution >= 4 is 29.1 Å². The van der Waals surface area contributed by atoms with Crippen LogP contribution < -0.4 is 15.5 Å². The smallest absolute Gasteiger partial charge is 0.323 e. The number of aliphatic carboxylic acids is 1. The van der Waals surface area contributed by atoms with Crippen LogP contribution >= 0.6 is 0 Å². The van der Waals surface area contributed by atoms with Gasteiger partial charge in [0.25, 0.3) is 0 Å². The quantitative estimate of drug-likeness (QED) is 0.453. The Balaban J connectivity index is 1.88. The molecule has 0 radical (unpaired) electrons. The molecule has 32 heavy (non-hydrogen) atoms.